The molecule has 0 aromatic carbocycles. The van der Waals surface area contributed by atoms with Crippen molar-refractivity contribution in [1.29, 1.82) is 0 Å². The number of likely N-dealkylation sites (tertiary alicyclic amines) is 3. The zero-order chi connectivity index (χ0) is 15.5. The Morgan fingerprint density at radius 3 is 1.95 bits per heavy atom. The number of piperidine rings is 3. The maximum atomic E-state index is 12.9. The highest BCUT2D eigenvalue weighted by atomic mass is 16.2. The van der Waals surface area contributed by atoms with E-state index >= 15 is 0 Å². The highest BCUT2D eigenvalue weighted by Crippen LogP contribution is 2.26. The summed E-state index contributed by atoms with van der Waals surface area (Å²) in [5, 5.41) is 0. The van der Waals surface area contributed by atoms with Crippen LogP contribution in [-0.4, -0.2) is 65.0 Å². The largest absolute Gasteiger partial charge is 0.325 e. The molecule has 126 valence electrons. The first-order chi connectivity index (χ1) is 10.7. The Balaban J connectivity index is 1.53. The second kappa shape index (κ2) is 7.20. The summed E-state index contributed by atoms with van der Waals surface area (Å²) in [6.07, 6.45) is 10.1. The molecule has 0 radical (unpaired) electrons. The summed E-state index contributed by atoms with van der Waals surface area (Å²) in [7, 11) is 0. The van der Waals surface area contributed by atoms with Crippen molar-refractivity contribution in [3.05, 3.63) is 0 Å². The van der Waals surface area contributed by atoms with Gasteiger partial charge in [0.05, 0.1) is 0 Å². The lowest BCUT2D eigenvalue weighted by Crippen LogP contribution is -2.56. The third-order valence-corrected chi connectivity index (χ3v) is 6.06. The van der Waals surface area contributed by atoms with Gasteiger partial charge in [0, 0.05) is 31.2 Å². The quantitative estimate of drug-likeness (QED) is 0.743. The SMILES string of the molecule is C[C@@H]1CCC[C@H](C)N1C(=O)N1CCC(N2CCCCC2)CC1. The topological polar surface area (TPSA) is 26.8 Å². The first kappa shape index (κ1) is 16.1. The van der Waals surface area contributed by atoms with Gasteiger partial charge in [0.25, 0.3) is 0 Å². The first-order valence-electron chi connectivity index (χ1n) is 9.48. The molecule has 3 saturated heterocycles. The predicted molar refractivity (Wildman–Crippen MR) is 90.0 cm³/mol. The number of hydrogen-bond donors (Lipinski definition) is 0. The number of nitrogens with zero attached hydrogens (tertiary/aromatic N) is 3. The van der Waals surface area contributed by atoms with Gasteiger partial charge in [-0.25, -0.2) is 4.79 Å². The van der Waals surface area contributed by atoms with Gasteiger partial charge in [-0.15, -0.1) is 0 Å². The zero-order valence-electron chi connectivity index (χ0n) is 14.5. The summed E-state index contributed by atoms with van der Waals surface area (Å²) in [5.41, 5.74) is 0. The average molecular weight is 307 g/mol. The first-order valence-corrected chi connectivity index (χ1v) is 9.48. The molecule has 2 atom stereocenters. The van der Waals surface area contributed by atoms with Crippen molar-refractivity contribution >= 4 is 6.03 Å². The van der Waals surface area contributed by atoms with Crippen LogP contribution in [0, 0.1) is 0 Å². The Bertz CT molecular complexity index is 363. The van der Waals surface area contributed by atoms with Gasteiger partial charge in [0.1, 0.15) is 0 Å². The smallest absolute Gasteiger partial charge is 0.320 e. The molecule has 0 saturated carbocycles. The second-order valence-electron chi connectivity index (χ2n) is 7.63. The maximum absolute atomic E-state index is 12.9. The van der Waals surface area contributed by atoms with E-state index < -0.39 is 0 Å². The predicted octanol–water partition coefficient (Wildman–Crippen LogP) is 3.32. The van der Waals surface area contributed by atoms with Crippen LogP contribution in [0.5, 0.6) is 0 Å². The number of rotatable bonds is 1. The minimum Gasteiger partial charge on any atom is -0.325 e. The average Bonchev–Trinajstić information content (AvgIpc) is 2.55. The van der Waals surface area contributed by atoms with E-state index in [4.69, 9.17) is 0 Å². The number of carbonyl (C=O) groups excluding carboxylic acids is 1. The third kappa shape index (κ3) is 3.42. The van der Waals surface area contributed by atoms with Gasteiger partial charge in [-0.1, -0.05) is 6.42 Å². The Morgan fingerprint density at radius 2 is 1.36 bits per heavy atom. The molecule has 0 spiro atoms. The molecule has 0 aromatic heterocycles. The van der Waals surface area contributed by atoms with Crippen LogP contribution in [0.3, 0.4) is 0 Å². The van der Waals surface area contributed by atoms with Gasteiger partial charge in [-0.2, -0.15) is 0 Å². The van der Waals surface area contributed by atoms with Gasteiger partial charge >= 0.3 is 6.03 Å². The zero-order valence-corrected chi connectivity index (χ0v) is 14.5. The van der Waals surface area contributed by atoms with E-state index in [-0.39, 0.29) is 0 Å². The van der Waals surface area contributed by atoms with Crippen molar-refractivity contribution in [1.82, 2.24) is 14.7 Å². The lowest BCUT2D eigenvalue weighted by Gasteiger charge is -2.45. The maximum Gasteiger partial charge on any atom is 0.320 e. The molecular weight excluding hydrogens is 274 g/mol. The van der Waals surface area contributed by atoms with Crippen molar-refractivity contribution < 1.29 is 4.79 Å². The van der Waals surface area contributed by atoms with Gasteiger partial charge < -0.3 is 14.7 Å². The van der Waals surface area contributed by atoms with Crippen LogP contribution in [0.2, 0.25) is 0 Å². The molecule has 3 aliphatic heterocycles. The van der Waals surface area contributed by atoms with E-state index in [1.54, 1.807) is 0 Å². The van der Waals surface area contributed by atoms with E-state index in [0.29, 0.717) is 18.1 Å². The Hall–Kier alpha value is -0.770. The summed E-state index contributed by atoms with van der Waals surface area (Å²) >= 11 is 0. The van der Waals surface area contributed by atoms with Crippen LogP contribution in [0.25, 0.3) is 0 Å². The van der Waals surface area contributed by atoms with Gasteiger partial charge in [-0.3, -0.25) is 0 Å². The summed E-state index contributed by atoms with van der Waals surface area (Å²) in [5.74, 6) is 0. The van der Waals surface area contributed by atoms with Gasteiger partial charge in [0.15, 0.2) is 0 Å². The fourth-order valence-corrected chi connectivity index (χ4v) is 4.67. The molecule has 4 nitrogen and oxygen atoms in total. The second-order valence-corrected chi connectivity index (χ2v) is 7.63. The fraction of sp³-hybridized carbons (Fsp3) is 0.944. The number of hydrogen-bond acceptors (Lipinski definition) is 2. The Morgan fingerprint density at radius 1 is 0.773 bits per heavy atom. The minimum atomic E-state index is 0.303. The number of urea groups is 1. The standard InChI is InChI=1S/C18H33N3O/c1-15-7-6-8-16(2)21(15)18(22)20-13-9-17(10-14-20)19-11-4-3-5-12-19/h15-17H,3-14H2,1-2H3/t15-,16+. The van der Waals surface area contributed by atoms with Gasteiger partial charge in [0.2, 0.25) is 0 Å². The third-order valence-electron chi connectivity index (χ3n) is 6.06. The highest BCUT2D eigenvalue weighted by Gasteiger charge is 2.34. The monoisotopic (exact) mass is 307 g/mol. The number of carbonyl (C=O) groups is 1. The Kier molecular flexibility index (Phi) is 5.27. The minimum absolute atomic E-state index is 0.303. The molecule has 0 bridgehead atoms. The van der Waals surface area contributed by atoms with E-state index in [0.717, 1.165) is 19.1 Å². The van der Waals surface area contributed by atoms with Gasteiger partial charge in [-0.05, 0) is 71.9 Å². The molecule has 2 amide bonds. The van der Waals surface area contributed by atoms with E-state index in [1.165, 1.54) is 64.5 Å². The van der Waals surface area contributed by atoms with Crippen molar-refractivity contribution in [3.63, 3.8) is 0 Å². The molecule has 0 aliphatic carbocycles. The normalized spacial score (nSPS) is 32.3. The molecule has 3 rings (SSSR count). The van der Waals surface area contributed by atoms with Crippen molar-refractivity contribution in [2.75, 3.05) is 26.2 Å². The summed E-state index contributed by atoms with van der Waals surface area (Å²) in [6, 6.07) is 1.85. The lowest BCUT2D eigenvalue weighted by molar-refractivity contribution is 0.0649. The van der Waals surface area contributed by atoms with Crippen LogP contribution in [0.1, 0.15) is 65.2 Å². The molecule has 0 unspecified atom stereocenters. The summed E-state index contributed by atoms with van der Waals surface area (Å²) < 4.78 is 0. The van der Waals surface area contributed by atoms with Crippen LogP contribution >= 0.6 is 0 Å². The Labute approximate surface area is 135 Å². The summed E-state index contributed by atoms with van der Waals surface area (Å²) in [6.45, 7) is 8.89. The van der Waals surface area contributed by atoms with Crippen molar-refractivity contribution in [3.8, 4) is 0 Å². The van der Waals surface area contributed by atoms with Crippen LogP contribution in [0.4, 0.5) is 4.79 Å². The lowest BCUT2D eigenvalue weighted by atomic mass is 9.97. The molecule has 3 heterocycles. The molecule has 3 fully saturated rings. The van der Waals surface area contributed by atoms with Crippen LogP contribution < -0.4 is 0 Å². The van der Waals surface area contributed by atoms with Crippen LogP contribution in [0.15, 0.2) is 0 Å². The molecule has 3 aliphatic rings. The number of amides is 2. The van der Waals surface area contributed by atoms with E-state index in [9.17, 15) is 4.79 Å². The van der Waals surface area contributed by atoms with Crippen LogP contribution in [-0.2, 0) is 0 Å². The molecule has 22 heavy (non-hydrogen) atoms. The highest BCUT2D eigenvalue weighted by molar-refractivity contribution is 5.75. The van der Waals surface area contributed by atoms with Crippen molar-refractivity contribution in [2.24, 2.45) is 0 Å². The van der Waals surface area contributed by atoms with E-state index in [1.807, 2.05) is 0 Å². The van der Waals surface area contributed by atoms with E-state index in [2.05, 4.69) is 28.5 Å². The molecule has 4 heteroatoms. The molecular formula is C18H33N3O. The van der Waals surface area contributed by atoms with Crippen molar-refractivity contribution in [2.45, 2.75) is 83.3 Å². The summed E-state index contributed by atoms with van der Waals surface area (Å²) in [4.78, 5) is 19.9. The molecule has 0 N–H and O–H groups in total. The fourth-order valence-electron chi connectivity index (χ4n) is 4.67. The molecule has 0 aromatic rings.